The van der Waals surface area contributed by atoms with Crippen LogP contribution in [0.5, 0.6) is 0 Å². The van der Waals surface area contributed by atoms with Crippen LogP contribution in [0.15, 0.2) is 0 Å². The molecule has 1 nitrogen and oxygen atoms in total. The Morgan fingerprint density at radius 2 is 1.25 bits per heavy atom. The first kappa shape index (κ1) is 26.5. The van der Waals surface area contributed by atoms with Gasteiger partial charge in [0, 0.05) is 5.33 Å². The van der Waals surface area contributed by atoms with Crippen molar-refractivity contribution in [1.29, 1.82) is 0 Å². The molecule has 1 atom stereocenters. The average Bonchev–Trinajstić information content (AvgIpc) is 2.68. The lowest BCUT2D eigenvalue weighted by molar-refractivity contribution is -0.120. The number of hydrogen-bond donors (Lipinski definition) is 0. The molecule has 1 saturated carbocycles. The Balaban J connectivity index is 2.38. The standard InChI is InChI=1S/C26H51BrO/c1-4-5-6-7-10-14-19-24(20-15-11-8-9-12-18-23-27)26(2,3)28-25-21-16-13-17-22-25/h24-25H,4-23H2,1-3H3. The minimum atomic E-state index is 0.0569. The Bertz CT molecular complexity index is 335. The third kappa shape index (κ3) is 12.9. The Morgan fingerprint density at radius 3 is 1.79 bits per heavy atom. The SMILES string of the molecule is CCCCCCCCC(CCCCCCCCBr)C(C)(C)OC1CCCCC1. The van der Waals surface area contributed by atoms with Crippen LogP contribution < -0.4 is 0 Å². The normalized spacial score (nSPS) is 17.1. The van der Waals surface area contributed by atoms with Crippen LogP contribution >= 0.6 is 15.9 Å². The molecule has 0 amide bonds. The van der Waals surface area contributed by atoms with Crippen molar-refractivity contribution in [2.75, 3.05) is 5.33 Å². The van der Waals surface area contributed by atoms with E-state index < -0.39 is 0 Å². The van der Waals surface area contributed by atoms with Gasteiger partial charge in [-0.15, -0.1) is 0 Å². The van der Waals surface area contributed by atoms with Gasteiger partial charge in [-0.25, -0.2) is 0 Å². The summed E-state index contributed by atoms with van der Waals surface area (Å²) in [6, 6.07) is 0. The topological polar surface area (TPSA) is 9.23 Å². The summed E-state index contributed by atoms with van der Waals surface area (Å²) in [4.78, 5) is 0. The van der Waals surface area contributed by atoms with Crippen LogP contribution in [0.25, 0.3) is 0 Å². The molecule has 0 saturated heterocycles. The molecule has 1 aliphatic rings. The quantitative estimate of drug-likeness (QED) is 0.146. The lowest BCUT2D eigenvalue weighted by Crippen LogP contribution is -2.39. The Kier molecular flexibility index (Phi) is 16.2. The smallest absolute Gasteiger partial charge is 0.0658 e. The third-order valence-corrected chi connectivity index (χ3v) is 7.41. The highest BCUT2D eigenvalue weighted by molar-refractivity contribution is 9.09. The largest absolute Gasteiger partial charge is 0.372 e. The van der Waals surface area contributed by atoms with E-state index in [4.69, 9.17) is 4.74 Å². The molecule has 0 heterocycles. The highest BCUT2D eigenvalue weighted by Crippen LogP contribution is 2.35. The molecule has 0 aromatic heterocycles. The molecule has 0 aromatic carbocycles. The first-order valence-corrected chi connectivity index (χ1v) is 14.0. The van der Waals surface area contributed by atoms with Crippen LogP contribution in [0.1, 0.15) is 143 Å². The summed E-state index contributed by atoms with van der Waals surface area (Å²) in [6.45, 7) is 7.11. The zero-order valence-corrected chi connectivity index (χ0v) is 21.2. The van der Waals surface area contributed by atoms with Gasteiger partial charge in [0.2, 0.25) is 0 Å². The molecule has 0 spiro atoms. The molecule has 0 N–H and O–H groups in total. The van der Waals surface area contributed by atoms with E-state index >= 15 is 0 Å². The van der Waals surface area contributed by atoms with E-state index in [1.807, 2.05) is 0 Å². The number of unbranched alkanes of at least 4 members (excludes halogenated alkanes) is 10. The van der Waals surface area contributed by atoms with E-state index in [0.717, 1.165) is 5.92 Å². The number of alkyl halides is 1. The monoisotopic (exact) mass is 458 g/mol. The molecule has 1 fully saturated rings. The molecule has 28 heavy (non-hydrogen) atoms. The van der Waals surface area contributed by atoms with E-state index in [-0.39, 0.29) is 5.60 Å². The van der Waals surface area contributed by atoms with Crippen molar-refractivity contribution in [2.24, 2.45) is 5.92 Å². The lowest BCUT2D eigenvalue weighted by atomic mass is 9.81. The average molecular weight is 460 g/mol. The van der Waals surface area contributed by atoms with E-state index in [0.29, 0.717) is 6.10 Å². The summed E-state index contributed by atoms with van der Waals surface area (Å²) in [5.41, 5.74) is 0.0569. The van der Waals surface area contributed by atoms with Crippen molar-refractivity contribution in [3.63, 3.8) is 0 Å². The van der Waals surface area contributed by atoms with Crippen LogP contribution in [-0.4, -0.2) is 17.0 Å². The molecule has 0 radical (unpaired) electrons. The fourth-order valence-corrected chi connectivity index (χ4v) is 5.31. The molecule has 1 unspecified atom stereocenters. The van der Waals surface area contributed by atoms with Crippen molar-refractivity contribution in [3.8, 4) is 0 Å². The van der Waals surface area contributed by atoms with Crippen molar-refractivity contribution in [3.05, 3.63) is 0 Å². The first-order valence-electron chi connectivity index (χ1n) is 12.8. The van der Waals surface area contributed by atoms with Gasteiger partial charge in [0.1, 0.15) is 0 Å². The third-order valence-electron chi connectivity index (χ3n) is 6.85. The minimum Gasteiger partial charge on any atom is -0.372 e. The van der Waals surface area contributed by atoms with Gasteiger partial charge in [0.15, 0.2) is 0 Å². The summed E-state index contributed by atoms with van der Waals surface area (Å²) in [6.07, 6.45) is 26.8. The van der Waals surface area contributed by atoms with Gasteiger partial charge in [-0.2, -0.15) is 0 Å². The highest BCUT2D eigenvalue weighted by atomic mass is 79.9. The lowest BCUT2D eigenvalue weighted by Gasteiger charge is -2.39. The zero-order chi connectivity index (χ0) is 20.5. The van der Waals surface area contributed by atoms with Gasteiger partial charge in [-0.3, -0.25) is 0 Å². The maximum Gasteiger partial charge on any atom is 0.0658 e. The van der Waals surface area contributed by atoms with Crippen LogP contribution in [0.2, 0.25) is 0 Å². The summed E-state index contributed by atoms with van der Waals surface area (Å²) in [5.74, 6) is 0.739. The van der Waals surface area contributed by atoms with Gasteiger partial charge in [0.05, 0.1) is 11.7 Å². The first-order chi connectivity index (χ1) is 13.6. The van der Waals surface area contributed by atoms with Crippen molar-refractivity contribution in [2.45, 2.75) is 154 Å². The molecule has 0 bridgehead atoms. The van der Waals surface area contributed by atoms with E-state index in [9.17, 15) is 0 Å². The number of halogens is 1. The Hall–Kier alpha value is 0.440. The van der Waals surface area contributed by atoms with Gasteiger partial charge in [-0.05, 0) is 51.9 Å². The van der Waals surface area contributed by atoms with E-state index in [1.165, 1.54) is 127 Å². The van der Waals surface area contributed by atoms with Crippen molar-refractivity contribution in [1.82, 2.24) is 0 Å². The predicted octanol–water partition coefficient (Wildman–Crippen LogP) is 9.61. The molecule has 0 aromatic rings. The molecule has 1 aliphatic carbocycles. The van der Waals surface area contributed by atoms with Gasteiger partial charge in [0.25, 0.3) is 0 Å². The summed E-state index contributed by atoms with van der Waals surface area (Å²) in [7, 11) is 0. The second-order valence-electron chi connectivity index (χ2n) is 9.83. The molecule has 0 aliphatic heterocycles. The van der Waals surface area contributed by atoms with Crippen LogP contribution in [0, 0.1) is 5.92 Å². The fourth-order valence-electron chi connectivity index (χ4n) is 4.91. The molecular formula is C26H51BrO. The summed E-state index contributed by atoms with van der Waals surface area (Å²) in [5, 5.41) is 1.17. The Labute approximate surface area is 186 Å². The van der Waals surface area contributed by atoms with Crippen LogP contribution in [-0.2, 0) is 4.74 Å². The maximum atomic E-state index is 6.74. The van der Waals surface area contributed by atoms with Crippen LogP contribution in [0.3, 0.4) is 0 Å². The molecular weight excluding hydrogens is 408 g/mol. The van der Waals surface area contributed by atoms with E-state index in [2.05, 4.69) is 36.7 Å². The number of rotatable bonds is 18. The van der Waals surface area contributed by atoms with Gasteiger partial charge >= 0.3 is 0 Å². The molecule has 2 heteroatoms. The number of ether oxygens (including phenoxy) is 1. The van der Waals surface area contributed by atoms with Crippen molar-refractivity contribution < 1.29 is 4.74 Å². The van der Waals surface area contributed by atoms with Gasteiger partial charge < -0.3 is 4.74 Å². The highest BCUT2D eigenvalue weighted by Gasteiger charge is 2.32. The van der Waals surface area contributed by atoms with Crippen LogP contribution in [0.4, 0.5) is 0 Å². The summed E-state index contributed by atoms with van der Waals surface area (Å²) >= 11 is 3.54. The van der Waals surface area contributed by atoms with E-state index in [1.54, 1.807) is 0 Å². The second-order valence-corrected chi connectivity index (χ2v) is 10.6. The molecule has 168 valence electrons. The van der Waals surface area contributed by atoms with Crippen molar-refractivity contribution >= 4 is 15.9 Å². The predicted molar refractivity (Wildman–Crippen MR) is 130 cm³/mol. The molecule has 1 rings (SSSR count). The number of hydrogen-bond acceptors (Lipinski definition) is 1. The second kappa shape index (κ2) is 17.2. The van der Waals surface area contributed by atoms with Gasteiger partial charge in [-0.1, -0.05) is 113 Å². The fraction of sp³-hybridized carbons (Fsp3) is 1.00. The Morgan fingerprint density at radius 1 is 0.750 bits per heavy atom. The zero-order valence-electron chi connectivity index (χ0n) is 19.6. The summed E-state index contributed by atoms with van der Waals surface area (Å²) < 4.78 is 6.74. The minimum absolute atomic E-state index is 0.0569. The maximum absolute atomic E-state index is 6.74.